The molecule has 0 aromatic carbocycles. The number of carboxylic acids is 1. The highest BCUT2D eigenvalue weighted by Crippen LogP contribution is 2.16. The summed E-state index contributed by atoms with van der Waals surface area (Å²) in [6.45, 7) is 4.95. The number of allylic oxidation sites excluding steroid dienone is 1. The van der Waals surface area contributed by atoms with Crippen LogP contribution in [0, 0.1) is 0 Å². The first-order valence-electron chi connectivity index (χ1n) is 4.15. The van der Waals surface area contributed by atoms with Crippen molar-refractivity contribution in [3.05, 3.63) is 23.8 Å². The van der Waals surface area contributed by atoms with Crippen LogP contribution >= 0.6 is 0 Å². The van der Waals surface area contributed by atoms with Gasteiger partial charge in [-0.3, -0.25) is 0 Å². The van der Waals surface area contributed by atoms with Gasteiger partial charge in [-0.25, -0.2) is 9.59 Å². The summed E-state index contributed by atoms with van der Waals surface area (Å²) in [7, 11) is 1.33. The average Bonchev–Trinajstić information content (AvgIpc) is 1.99. The molecule has 0 unspecified atom stereocenters. The van der Waals surface area contributed by atoms with Crippen molar-refractivity contribution in [3.63, 3.8) is 0 Å². The van der Waals surface area contributed by atoms with Crippen LogP contribution in [0.4, 0.5) is 0 Å². The second-order valence-electron chi connectivity index (χ2n) is 2.85. The van der Waals surface area contributed by atoms with Gasteiger partial charge in [0.1, 0.15) is 0 Å². The largest absolute Gasteiger partial charge is 0.478 e. The van der Waals surface area contributed by atoms with E-state index in [9.17, 15) is 9.59 Å². The molecular weight excluding hydrogens is 184 g/mol. The molecule has 1 rings (SSSR count). The lowest BCUT2D eigenvalue weighted by molar-refractivity contribution is -0.136. The number of hydrogen-bond donors (Lipinski definition) is 1. The van der Waals surface area contributed by atoms with E-state index < -0.39 is 5.97 Å². The lowest BCUT2D eigenvalue weighted by Crippen LogP contribution is -2.05. The fraction of sp³-hybridized carbons (Fsp3) is 0.400. The molecule has 0 aromatic rings. The smallest absolute Gasteiger partial charge is 0.332 e. The minimum atomic E-state index is -0.758. The molecule has 0 saturated heterocycles. The van der Waals surface area contributed by atoms with Gasteiger partial charge >= 0.3 is 11.9 Å². The van der Waals surface area contributed by atoms with Crippen molar-refractivity contribution in [1.29, 1.82) is 0 Å². The molecule has 0 aromatic heterocycles. The molecule has 1 aliphatic carbocycles. The van der Waals surface area contributed by atoms with E-state index >= 15 is 0 Å². The number of esters is 1. The molecule has 0 amide bonds. The van der Waals surface area contributed by atoms with Gasteiger partial charge < -0.3 is 9.84 Å². The molecule has 78 valence electrons. The molecule has 0 saturated carbocycles. The fourth-order valence-corrected chi connectivity index (χ4v) is 0.657. The van der Waals surface area contributed by atoms with Crippen LogP contribution in [-0.2, 0) is 14.3 Å². The van der Waals surface area contributed by atoms with E-state index in [0.29, 0.717) is 11.1 Å². The van der Waals surface area contributed by atoms with Crippen molar-refractivity contribution in [3.8, 4) is 0 Å². The third kappa shape index (κ3) is 4.45. The molecule has 0 spiro atoms. The first-order valence-corrected chi connectivity index (χ1v) is 4.15. The van der Waals surface area contributed by atoms with Gasteiger partial charge in [-0.05, 0) is 19.8 Å². The van der Waals surface area contributed by atoms with Crippen LogP contribution in [-0.4, -0.2) is 24.2 Å². The summed E-state index contributed by atoms with van der Waals surface area (Å²) in [4.78, 5) is 20.1. The van der Waals surface area contributed by atoms with Gasteiger partial charge in [0.25, 0.3) is 0 Å². The number of carbonyl (C=O) groups is 2. The summed E-state index contributed by atoms with van der Waals surface area (Å²) in [5.74, 6) is -1.11. The number of aliphatic carboxylic acids is 1. The predicted molar refractivity (Wildman–Crippen MR) is 51.8 cm³/mol. The Labute approximate surface area is 82.9 Å². The second-order valence-corrected chi connectivity index (χ2v) is 2.85. The first-order chi connectivity index (χ1) is 6.49. The van der Waals surface area contributed by atoms with Crippen molar-refractivity contribution in [2.24, 2.45) is 0 Å². The highest BCUT2D eigenvalue weighted by atomic mass is 16.5. The molecule has 0 fully saturated rings. The Morgan fingerprint density at radius 1 is 1.57 bits per heavy atom. The Bertz CT molecular complexity index is 276. The van der Waals surface area contributed by atoms with Crippen molar-refractivity contribution >= 4 is 11.9 Å². The van der Waals surface area contributed by atoms with Crippen LogP contribution in [0.2, 0.25) is 0 Å². The maximum atomic E-state index is 10.2. The third-order valence-corrected chi connectivity index (χ3v) is 1.61. The predicted octanol–water partition coefficient (Wildman–Crippen LogP) is 1.53. The molecule has 1 N–H and O–H groups in total. The topological polar surface area (TPSA) is 63.6 Å². The maximum absolute atomic E-state index is 10.2. The SMILES string of the molecule is C=C(C)C(=O)OC.O=C(O)C1=CCC1. The number of hydrogen-bond acceptors (Lipinski definition) is 3. The van der Waals surface area contributed by atoms with E-state index in [1.807, 2.05) is 0 Å². The highest BCUT2D eigenvalue weighted by molar-refractivity contribution is 5.88. The van der Waals surface area contributed by atoms with Gasteiger partial charge in [0, 0.05) is 11.1 Å². The summed E-state index contributed by atoms with van der Waals surface area (Å²) in [6, 6.07) is 0. The Balaban J connectivity index is 0.000000241. The van der Waals surface area contributed by atoms with Crippen LogP contribution in [0.3, 0.4) is 0 Å². The van der Waals surface area contributed by atoms with Crippen molar-refractivity contribution in [2.45, 2.75) is 19.8 Å². The Morgan fingerprint density at radius 2 is 2.07 bits per heavy atom. The molecule has 4 nitrogen and oxygen atoms in total. The monoisotopic (exact) mass is 198 g/mol. The van der Waals surface area contributed by atoms with E-state index in [0.717, 1.165) is 12.8 Å². The van der Waals surface area contributed by atoms with Crippen LogP contribution in [0.1, 0.15) is 19.8 Å². The Kier molecular flexibility index (Phi) is 5.29. The molecule has 4 heteroatoms. The third-order valence-electron chi connectivity index (χ3n) is 1.61. The standard InChI is InChI=1S/C5H6O2.C5H8O2/c6-5(7)4-2-1-3-4;1-4(2)5(6)7-3/h2H,1,3H2,(H,6,7);1H2,2-3H3. The number of rotatable bonds is 2. The highest BCUT2D eigenvalue weighted by Gasteiger charge is 2.11. The second kappa shape index (κ2) is 5.96. The Hall–Kier alpha value is -1.58. The summed E-state index contributed by atoms with van der Waals surface area (Å²) in [5.41, 5.74) is 1.00. The van der Waals surface area contributed by atoms with Crippen molar-refractivity contribution in [2.75, 3.05) is 7.11 Å². The molecule has 1 aliphatic rings. The van der Waals surface area contributed by atoms with E-state index in [1.165, 1.54) is 7.11 Å². The van der Waals surface area contributed by atoms with Gasteiger partial charge in [0.2, 0.25) is 0 Å². The van der Waals surface area contributed by atoms with Crippen LogP contribution in [0.5, 0.6) is 0 Å². The van der Waals surface area contributed by atoms with Crippen molar-refractivity contribution < 1.29 is 19.4 Å². The van der Waals surface area contributed by atoms with Crippen LogP contribution < -0.4 is 0 Å². The van der Waals surface area contributed by atoms with Gasteiger partial charge in [-0.1, -0.05) is 12.7 Å². The zero-order valence-electron chi connectivity index (χ0n) is 8.37. The number of ether oxygens (including phenoxy) is 1. The van der Waals surface area contributed by atoms with Gasteiger partial charge in [0.15, 0.2) is 0 Å². The summed E-state index contributed by atoms with van der Waals surface area (Å²) >= 11 is 0. The molecule has 0 aliphatic heterocycles. The summed E-state index contributed by atoms with van der Waals surface area (Å²) in [5, 5.41) is 8.16. The van der Waals surface area contributed by atoms with Crippen molar-refractivity contribution in [1.82, 2.24) is 0 Å². The molecule has 0 heterocycles. The molecule has 14 heavy (non-hydrogen) atoms. The number of carboxylic acid groups (broad SMARTS) is 1. The number of methoxy groups -OCH3 is 1. The fourth-order valence-electron chi connectivity index (χ4n) is 0.657. The van der Waals surface area contributed by atoms with E-state index in [4.69, 9.17) is 5.11 Å². The van der Waals surface area contributed by atoms with Gasteiger partial charge in [-0.15, -0.1) is 0 Å². The van der Waals surface area contributed by atoms with E-state index in [-0.39, 0.29) is 5.97 Å². The van der Waals surface area contributed by atoms with Crippen LogP contribution in [0.15, 0.2) is 23.8 Å². The van der Waals surface area contributed by atoms with Gasteiger partial charge in [0.05, 0.1) is 7.11 Å². The van der Waals surface area contributed by atoms with Crippen LogP contribution in [0.25, 0.3) is 0 Å². The zero-order valence-corrected chi connectivity index (χ0v) is 8.37. The first kappa shape index (κ1) is 12.4. The molecular formula is C10H14O4. The minimum absolute atomic E-state index is 0.347. The zero-order chi connectivity index (χ0) is 11.1. The normalized spacial score (nSPS) is 12.6. The lowest BCUT2D eigenvalue weighted by Gasteiger charge is -2.06. The summed E-state index contributed by atoms with van der Waals surface area (Å²) < 4.78 is 4.27. The average molecular weight is 198 g/mol. The quantitative estimate of drug-likeness (QED) is 0.539. The Morgan fingerprint density at radius 3 is 2.07 bits per heavy atom. The molecule has 0 bridgehead atoms. The minimum Gasteiger partial charge on any atom is -0.478 e. The lowest BCUT2D eigenvalue weighted by atomic mass is 10.00. The number of carbonyl (C=O) groups excluding carboxylic acids is 1. The van der Waals surface area contributed by atoms with E-state index in [1.54, 1.807) is 13.0 Å². The van der Waals surface area contributed by atoms with E-state index in [2.05, 4.69) is 11.3 Å². The molecule has 0 atom stereocenters. The molecule has 0 radical (unpaired) electrons. The summed E-state index contributed by atoms with van der Waals surface area (Å²) in [6.07, 6.45) is 3.44. The maximum Gasteiger partial charge on any atom is 0.332 e. The van der Waals surface area contributed by atoms with Gasteiger partial charge in [-0.2, -0.15) is 0 Å².